The fourth-order valence-corrected chi connectivity index (χ4v) is 2.28. The fraction of sp³-hybridized carbons (Fsp3) is 0.917. The van der Waals surface area contributed by atoms with E-state index in [1.807, 2.05) is 0 Å². The van der Waals surface area contributed by atoms with E-state index in [4.69, 9.17) is 5.84 Å². The zero-order valence-electron chi connectivity index (χ0n) is 10.9. The number of guanidine groups is 1. The molecule has 1 saturated heterocycles. The van der Waals surface area contributed by atoms with Crippen LogP contribution in [0.15, 0.2) is 4.99 Å². The number of hydrazine groups is 1. The second-order valence-electron chi connectivity index (χ2n) is 5.58. The first-order valence-corrected chi connectivity index (χ1v) is 6.70. The van der Waals surface area contributed by atoms with Gasteiger partial charge in [-0.1, -0.05) is 13.8 Å². The second-order valence-corrected chi connectivity index (χ2v) is 5.58. The third kappa shape index (κ3) is 3.85. The monoisotopic (exact) mass is 239 g/mol. The van der Waals surface area contributed by atoms with E-state index in [0.717, 1.165) is 25.1 Å². The van der Waals surface area contributed by atoms with Crippen LogP contribution in [0.1, 0.15) is 33.1 Å². The summed E-state index contributed by atoms with van der Waals surface area (Å²) in [7, 11) is 0. The predicted molar refractivity (Wildman–Crippen MR) is 70.6 cm³/mol. The molecule has 1 unspecified atom stereocenters. The third-order valence-electron chi connectivity index (χ3n) is 3.38. The molecule has 0 aromatic heterocycles. The number of nitrogens with zero attached hydrogens (tertiary/aromatic N) is 2. The Morgan fingerprint density at radius 1 is 1.41 bits per heavy atom. The Kier molecular flexibility index (Phi) is 4.23. The maximum absolute atomic E-state index is 5.49. The lowest BCUT2D eigenvalue weighted by Crippen LogP contribution is -2.47. The SMILES string of the molecule is CC(C)CN=C(NN)NC1CCN(C2CC2)C1. The molecule has 2 aliphatic rings. The molecule has 98 valence electrons. The summed E-state index contributed by atoms with van der Waals surface area (Å²) < 4.78 is 0. The molecule has 1 heterocycles. The van der Waals surface area contributed by atoms with Gasteiger partial charge in [0.15, 0.2) is 0 Å². The summed E-state index contributed by atoms with van der Waals surface area (Å²) in [6.45, 7) is 7.47. The molecular weight excluding hydrogens is 214 g/mol. The van der Waals surface area contributed by atoms with Crippen LogP contribution in [0.4, 0.5) is 0 Å². The lowest BCUT2D eigenvalue weighted by Gasteiger charge is -2.17. The number of likely N-dealkylation sites (tertiary alicyclic amines) is 1. The molecule has 0 amide bonds. The van der Waals surface area contributed by atoms with E-state index in [2.05, 4.69) is 34.5 Å². The van der Waals surface area contributed by atoms with Gasteiger partial charge in [-0.15, -0.1) is 0 Å². The average molecular weight is 239 g/mol. The van der Waals surface area contributed by atoms with Crippen LogP contribution in [0.2, 0.25) is 0 Å². The van der Waals surface area contributed by atoms with Crippen molar-refractivity contribution in [3.8, 4) is 0 Å². The van der Waals surface area contributed by atoms with Gasteiger partial charge >= 0.3 is 0 Å². The molecule has 1 saturated carbocycles. The maximum atomic E-state index is 5.49. The Bertz CT molecular complexity index is 272. The highest BCUT2D eigenvalue weighted by molar-refractivity contribution is 5.79. The van der Waals surface area contributed by atoms with Gasteiger partial charge < -0.3 is 5.32 Å². The predicted octanol–water partition coefficient (Wildman–Crippen LogP) is 0.288. The normalized spacial score (nSPS) is 26.6. The molecule has 1 atom stereocenters. The molecule has 0 spiro atoms. The minimum atomic E-state index is 0.498. The van der Waals surface area contributed by atoms with E-state index in [9.17, 15) is 0 Å². The van der Waals surface area contributed by atoms with Gasteiger partial charge in [-0.3, -0.25) is 15.3 Å². The summed E-state index contributed by atoms with van der Waals surface area (Å²) in [5, 5.41) is 3.41. The van der Waals surface area contributed by atoms with Crippen LogP contribution < -0.4 is 16.6 Å². The van der Waals surface area contributed by atoms with Crippen molar-refractivity contribution < 1.29 is 0 Å². The number of hydrogen-bond acceptors (Lipinski definition) is 3. The molecule has 0 bridgehead atoms. The summed E-state index contributed by atoms with van der Waals surface area (Å²) in [5.74, 6) is 6.79. The van der Waals surface area contributed by atoms with Gasteiger partial charge in [-0.2, -0.15) is 0 Å². The molecule has 0 aromatic carbocycles. The number of hydrogen-bond donors (Lipinski definition) is 3. The van der Waals surface area contributed by atoms with Crippen LogP contribution in [0.3, 0.4) is 0 Å². The largest absolute Gasteiger partial charge is 0.351 e. The Labute approximate surface area is 104 Å². The highest BCUT2D eigenvalue weighted by Gasteiger charge is 2.34. The zero-order chi connectivity index (χ0) is 12.3. The molecule has 5 heteroatoms. The fourth-order valence-electron chi connectivity index (χ4n) is 2.28. The number of nitrogens with one attached hydrogen (secondary N) is 2. The van der Waals surface area contributed by atoms with Gasteiger partial charge in [0.25, 0.3) is 0 Å². The molecule has 5 nitrogen and oxygen atoms in total. The van der Waals surface area contributed by atoms with Gasteiger partial charge in [-0.05, 0) is 25.2 Å². The van der Waals surface area contributed by atoms with Crippen molar-refractivity contribution >= 4 is 5.96 Å². The summed E-state index contributed by atoms with van der Waals surface area (Å²) in [4.78, 5) is 7.02. The Balaban J connectivity index is 1.76. The molecule has 1 aliphatic carbocycles. The van der Waals surface area contributed by atoms with Gasteiger partial charge in [0, 0.05) is 31.7 Å². The summed E-state index contributed by atoms with van der Waals surface area (Å²) in [6, 6.07) is 1.36. The Morgan fingerprint density at radius 3 is 2.76 bits per heavy atom. The smallest absolute Gasteiger partial charge is 0.205 e. The minimum Gasteiger partial charge on any atom is -0.351 e. The summed E-state index contributed by atoms with van der Waals surface area (Å²) in [5.41, 5.74) is 2.66. The van der Waals surface area contributed by atoms with E-state index in [0.29, 0.717) is 12.0 Å². The summed E-state index contributed by atoms with van der Waals surface area (Å²) >= 11 is 0. The first kappa shape index (κ1) is 12.6. The van der Waals surface area contributed by atoms with Crippen molar-refractivity contribution in [3.05, 3.63) is 0 Å². The Hall–Kier alpha value is -0.810. The third-order valence-corrected chi connectivity index (χ3v) is 3.38. The molecule has 4 N–H and O–H groups in total. The highest BCUT2D eigenvalue weighted by atomic mass is 15.4. The van der Waals surface area contributed by atoms with E-state index in [1.165, 1.54) is 25.8 Å². The van der Waals surface area contributed by atoms with Crippen LogP contribution >= 0.6 is 0 Å². The first-order valence-electron chi connectivity index (χ1n) is 6.70. The molecular formula is C12H25N5. The lowest BCUT2D eigenvalue weighted by atomic mass is 10.2. The van der Waals surface area contributed by atoms with Crippen LogP contribution in [0.5, 0.6) is 0 Å². The quantitative estimate of drug-likeness (QED) is 0.285. The molecule has 17 heavy (non-hydrogen) atoms. The average Bonchev–Trinajstić information content (AvgIpc) is 3.05. The molecule has 2 fully saturated rings. The van der Waals surface area contributed by atoms with Crippen molar-refractivity contribution in [2.45, 2.75) is 45.2 Å². The topological polar surface area (TPSA) is 65.7 Å². The molecule has 2 rings (SSSR count). The standard InChI is InChI=1S/C12H25N5/c1-9(2)7-14-12(16-13)15-10-5-6-17(8-10)11-3-4-11/h9-11H,3-8,13H2,1-2H3,(H2,14,15,16). The molecule has 0 aromatic rings. The van der Waals surface area contributed by atoms with Crippen LogP contribution in [0, 0.1) is 5.92 Å². The van der Waals surface area contributed by atoms with Crippen molar-refractivity contribution in [2.75, 3.05) is 19.6 Å². The van der Waals surface area contributed by atoms with Gasteiger partial charge in [0.1, 0.15) is 0 Å². The van der Waals surface area contributed by atoms with E-state index >= 15 is 0 Å². The first-order chi connectivity index (χ1) is 8.19. The zero-order valence-corrected chi connectivity index (χ0v) is 10.9. The van der Waals surface area contributed by atoms with Crippen LogP contribution in [-0.4, -0.2) is 42.6 Å². The number of aliphatic imine (C=N–C) groups is 1. The Morgan fingerprint density at radius 2 is 2.18 bits per heavy atom. The van der Waals surface area contributed by atoms with E-state index in [1.54, 1.807) is 0 Å². The summed E-state index contributed by atoms with van der Waals surface area (Å²) in [6.07, 6.45) is 3.96. The van der Waals surface area contributed by atoms with Crippen molar-refractivity contribution in [2.24, 2.45) is 16.8 Å². The van der Waals surface area contributed by atoms with Gasteiger partial charge in [-0.25, -0.2) is 5.84 Å². The minimum absolute atomic E-state index is 0.498. The lowest BCUT2D eigenvalue weighted by molar-refractivity contribution is 0.321. The van der Waals surface area contributed by atoms with Gasteiger partial charge in [0.2, 0.25) is 5.96 Å². The van der Waals surface area contributed by atoms with Crippen LogP contribution in [0.25, 0.3) is 0 Å². The van der Waals surface area contributed by atoms with E-state index in [-0.39, 0.29) is 0 Å². The second kappa shape index (κ2) is 5.69. The van der Waals surface area contributed by atoms with Crippen molar-refractivity contribution in [1.29, 1.82) is 0 Å². The number of nitrogens with two attached hydrogens (primary N) is 1. The van der Waals surface area contributed by atoms with E-state index < -0.39 is 0 Å². The molecule has 0 radical (unpaired) electrons. The maximum Gasteiger partial charge on any atom is 0.205 e. The van der Waals surface area contributed by atoms with Crippen LogP contribution in [-0.2, 0) is 0 Å². The highest BCUT2D eigenvalue weighted by Crippen LogP contribution is 2.29. The molecule has 1 aliphatic heterocycles. The van der Waals surface area contributed by atoms with Crippen molar-refractivity contribution in [1.82, 2.24) is 15.6 Å². The van der Waals surface area contributed by atoms with Crippen molar-refractivity contribution in [3.63, 3.8) is 0 Å². The number of rotatable bonds is 4. The van der Waals surface area contributed by atoms with Gasteiger partial charge in [0.05, 0.1) is 0 Å².